The van der Waals surface area contributed by atoms with E-state index >= 15 is 0 Å². The summed E-state index contributed by atoms with van der Waals surface area (Å²) in [5.41, 5.74) is 2.50. The van der Waals surface area contributed by atoms with Crippen LogP contribution in [0.3, 0.4) is 0 Å². The molecule has 2 rings (SSSR count). The van der Waals surface area contributed by atoms with E-state index in [0.29, 0.717) is 11.1 Å². The fourth-order valence-electron chi connectivity index (χ4n) is 1.82. The number of ketones is 1. The Balaban J connectivity index is 2.56. The number of rotatable bonds is 2. The van der Waals surface area contributed by atoms with Gasteiger partial charge in [0.25, 0.3) is 0 Å². The zero-order valence-electron chi connectivity index (χ0n) is 9.90. The summed E-state index contributed by atoms with van der Waals surface area (Å²) in [4.78, 5) is 12.3. The highest BCUT2D eigenvalue weighted by Gasteiger charge is 2.17. The van der Waals surface area contributed by atoms with Crippen LogP contribution >= 0.6 is 0 Å². The van der Waals surface area contributed by atoms with E-state index in [1.54, 1.807) is 19.1 Å². The van der Waals surface area contributed by atoms with E-state index in [1.165, 1.54) is 0 Å². The van der Waals surface area contributed by atoms with Crippen molar-refractivity contribution in [3.63, 3.8) is 0 Å². The number of carbonyl (C=O) groups is 1. The number of aromatic hydroxyl groups is 1. The van der Waals surface area contributed by atoms with E-state index in [1.807, 2.05) is 37.3 Å². The minimum atomic E-state index is -0.135. The van der Waals surface area contributed by atoms with E-state index in [-0.39, 0.29) is 11.5 Å². The van der Waals surface area contributed by atoms with Crippen LogP contribution in [-0.4, -0.2) is 10.9 Å². The summed E-state index contributed by atoms with van der Waals surface area (Å²) in [5.74, 6) is -0.0526. The molecule has 0 saturated carbocycles. The number of aryl methyl sites for hydroxylation is 2. The minimum Gasteiger partial charge on any atom is -0.507 e. The molecule has 2 heteroatoms. The fourth-order valence-corrected chi connectivity index (χ4v) is 1.82. The minimum absolute atomic E-state index is 0.0823. The number of hydrogen-bond donors (Lipinski definition) is 1. The third-order valence-electron chi connectivity index (χ3n) is 2.85. The Morgan fingerprint density at radius 3 is 2.18 bits per heavy atom. The van der Waals surface area contributed by atoms with Crippen LogP contribution in [0.15, 0.2) is 42.5 Å². The number of hydrogen-bond acceptors (Lipinski definition) is 2. The van der Waals surface area contributed by atoms with Gasteiger partial charge in [-0.2, -0.15) is 0 Å². The molecule has 0 amide bonds. The van der Waals surface area contributed by atoms with Crippen molar-refractivity contribution in [2.75, 3.05) is 0 Å². The van der Waals surface area contributed by atoms with Crippen LogP contribution in [0.2, 0.25) is 0 Å². The van der Waals surface area contributed by atoms with Gasteiger partial charge in [-0.15, -0.1) is 0 Å². The first-order valence-electron chi connectivity index (χ1n) is 5.50. The standard InChI is InChI=1S/C15H14O2/c1-10-8-9-11(2)14(16)13(10)15(17)12-6-4-3-5-7-12/h3-9,16H,1-2H3. The van der Waals surface area contributed by atoms with Gasteiger partial charge in [-0.3, -0.25) is 4.79 Å². The average Bonchev–Trinajstić information content (AvgIpc) is 2.35. The molecular weight excluding hydrogens is 212 g/mol. The van der Waals surface area contributed by atoms with Crippen molar-refractivity contribution in [3.8, 4) is 5.75 Å². The highest BCUT2D eigenvalue weighted by Crippen LogP contribution is 2.27. The SMILES string of the molecule is Cc1ccc(C)c(C(=O)c2ccccc2)c1O. The normalized spacial score (nSPS) is 10.2. The second-order valence-electron chi connectivity index (χ2n) is 4.12. The maximum absolute atomic E-state index is 12.3. The molecule has 2 aromatic carbocycles. The molecule has 1 N–H and O–H groups in total. The Bertz CT molecular complexity index is 557. The molecule has 2 aromatic rings. The van der Waals surface area contributed by atoms with E-state index < -0.39 is 0 Å². The van der Waals surface area contributed by atoms with Gasteiger partial charge in [0.1, 0.15) is 5.75 Å². The fraction of sp³-hybridized carbons (Fsp3) is 0.133. The molecule has 0 aliphatic rings. The average molecular weight is 226 g/mol. The van der Waals surface area contributed by atoms with Crippen molar-refractivity contribution in [2.45, 2.75) is 13.8 Å². The number of phenols is 1. The summed E-state index contributed by atoms with van der Waals surface area (Å²) in [6.07, 6.45) is 0. The molecule has 0 radical (unpaired) electrons. The smallest absolute Gasteiger partial charge is 0.197 e. The van der Waals surface area contributed by atoms with Crippen molar-refractivity contribution in [1.82, 2.24) is 0 Å². The summed E-state index contributed by atoms with van der Waals surface area (Å²) < 4.78 is 0. The summed E-state index contributed by atoms with van der Waals surface area (Å²) in [7, 11) is 0. The van der Waals surface area contributed by atoms with Gasteiger partial charge in [-0.1, -0.05) is 42.5 Å². The van der Waals surface area contributed by atoms with Crippen LogP contribution in [0.1, 0.15) is 27.0 Å². The van der Waals surface area contributed by atoms with E-state index in [9.17, 15) is 9.90 Å². The lowest BCUT2D eigenvalue weighted by Gasteiger charge is -2.09. The molecular formula is C15H14O2. The van der Waals surface area contributed by atoms with E-state index in [4.69, 9.17) is 0 Å². The molecule has 0 aromatic heterocycles. The van der Waals surface area contributed by atoms with Crippen molar-refractivity contribution < 1.29 is 9.90 Å². The third-order valence-corrected chi connectivity index (χ3v) is 2.85. The first-order chi connectivity index (χ1) is 8.11. The molecule has 0 heterocycles. The molecule has 0 aliphatic heterocycles. The predicted molar refractivity (Wildman–Crippen MR) is 67.5 cm³/mol. The van der Waals surface area contributed by atoms with Gasteiger partial charge in [0.2, 0.25) is 0 Å². The number of phenolic OH excluding ortho intramolecular Hbond substituents is 1. The maximum Gasteiger partial charge on any atom is 0.197 e. The van der Waals surface area contributed by atoms with Crippen LogP contribution in [-0.2, 0) is 0 Å². The molecule has 0 aliphatic carbocycles. The topological polar surface area (TPSA) is 37.3 Å². The molecule has 2 nitrogen and oxygen atoms in total. The van der Waals surface area contributed by atoms with Gasteiger partial charge in [-0.25, -0.2) is 0 Å². The van der Waals surface area contributed by atoms with Gasteiger partial charge in [0.05, 0.1) is 5.56 Å². The molecule has 0 bridgehead atoms. The molecule has 17 heavy (non-hydrogen) atoms. The van der Waals surface area contributed by atoms with Crippen molar-refractivity contribution >= 4 is 5.78 Å². The van der Waals surface area contributed by atoms with Crippen molar-refractivity contribution in [3.05, 3.63) is 64.7 Å². The lowest BCUT2D eigenvalue weighted by atomic mass is 9.96. The second kappa shape index (κ2) is 4.42. The van der Waals surface area contributed by atoms with Crippen LogP contribution in [0.5, 0.6) is 5.75 Å². The first kappa shape index (κ1) is 11.4. The highest BCUT2D eigenvalue weighted by atomic mass is 16.3. The molecule has 86 valence electrons. The lowest BCUT2D eigenvalue weighted by Crippen LogP contribution is -2.04. The molecule has 0 spiro atoms. The monoisotopic (exact) mass is 226 g/mol. The summed E-state index contributed by atoms with van der Waals surface area (Å²) in [5, 5.41) is 9.99. The number of carbonyl (C=O) groups excluding carboxylic acids is 1. The quantitative estimate of drug-likeness (QED) is 0.798. The van der Waals surface area contributed by atoms with Crippen molar-refractivity contribution in [2.24, 2.45) is 0 Å². The predicted octanol–water partition coefficient (Wildman–Crippen LogP) is 3.24. The Morgan fingerprint density at radius 2 is 1.53 bits per heavy atom. The second-order valence-corrected chi connectivity index (χ2v) is 4.12. The van der Waals surface area contributed by atoms with Gasteiger partial charge < -0.3 is 5.11 Å². The van der Waals surface area contributed by atoms with Crippen LogP contribution in [0.25, 0.3) is 0 Å². The third kappa shape index (κ3) is 2.07. The zero-order chi connectivity index (χ0) is 12.4. The number of benzene rings is 2. The molecule has 0 unspecified atom stereocenters. The first-order valence-corrected chi connectivity index (χ1v) is 5.50. The molecule has 0 saturated heterocycles. The maximum atomic E-state index is 12.3. The highest BCUT2D eigenvalue weighted by molar-refractivity contribution is 6.11. The molecule has 0 fully saturated rings. The van der Waals surface area contributed by atoms with E-state index in [2.05, 4.69) is 0 Å². The lowest BCUT2D eigenvalue weighted by molar-refractivity contribution is 0.103. The van der Waals surface area contributed by atoms with Crippen LogP contribution in [0.4, 0.5) is 0 Å². The summed E-state index contributed by atoms with van der Waals surface area (Å²) in [6.45, 7) is 3.62. The largest absolute Gasteiger partial charge is 0.507 e. The summed E-state index contributed by atoms with van der Waals surface area (Å²) in [6, 6.07) is 12.7. The van der Waals surface area contributed by atoms with Gasteiger partial charge >= 0.3 is 0 Å². The van der Waals surface area contributed by atoms with Crippen molar-refractivity contribution in [1.29, 1.82) is 0 Å². The Kier molecular flexibility index (Phi) is 2.96. The Labute approximate surface area is 101 Å². The zero-order valence-corrected chi connectivity index (χ0v) is 9.90. The van der Waals surface area contributed by atoms with Crippen LogP contribution < -0.4 is 0 Å². The Hall–Kier alpha value is -2.09. The Morgan fingerprint density at radius 1 is 0.941 bits per heavy atom. The van der Waals surface area contributed by atoms with Gasteiger partial charge in [0, 0.05) is 5.56 Å². The van der Waals surface area contributed by atoms with Crippen LogP contribution in [0, 0.1) is 13.8 Å². The summed E-state index contributed by atoms with van der Waals surface area (Å²) >= 11 is 0. The molecule has 0 atom stereocenters. The van der Waals surface area contributed by atoms with E-state index in [0.717, 1.165) is 11.1 Å². The van der Waals surface area contributed by atoms with Gasteiger partial charge in [-0.05, 0) is 25.0 Å². The van der Waals surface area contributed by atoms with Gasteiger partial charge in [0.15, 0.2) is 5.78 Å².